The Morgan fingerprint density at radius 1 is 1.32 bits per heavy atom. The predicted molar refractivity (Wildman–Crippen MR) is 77.7 cm³/mol. The van der Waals surface area contributed by atoms with Crippen LogP contribution in [0.1, 0.15) is 31.9 Å². The van der Waals surface area contributed by atoms with Crippen LogP contribution in [0.5, 0.6) is 0 Å². The molecule has 0 saturated heterocycles. The quantitative estimate of drug-likeness (QED) is 0.938. The summed E-state index contributed by atoms with van der Waals surface area (Å²) in [4.78, 5) is 4.46. The molecule has 0 radical (unpaired) electrons. The van der Waals surface area contributed by atoms with Gasteiger partial charge in [-0.2, -0.15) is 5.10 Å². The van der Waals surface area contributed by atoms with Gasteiger partial charge in [-0.15, -0.1) is 0 Å². The Bertz CT molecular complexity index is 569. The summed E-state index contributed by atoms with van der Waals surface area (Å²) in [5.41, 5.74) is 2.34. The van der Waals surface area contributed by atoms with Crippen molar-refractivity contribution in [3.8, 4) is 5.82 Å². The van der Waals surface area contributed by atoms with Crippen molar-refractivity contribution in [1.29, 1.82) is 0 Å². The highest BCUT2D eigenvalue weighted by Gasteiger charge is 2.10. The van der Waals surface area contributed by atoms with E-state index in [1.807, 2.05) is 13.1 Å². The Morgan fingerprint density at radius 3 is 2.58 bits per heavy atom. The van der Waals surface area contributed by atoms with Gasteiger partial charge in [-0.3, -0.25) is 0 Å². The fourth-order valence-corrected chi connectivity index (χ4v) is 1.88. The molecule has 2 rings (SSSR count). The van der Waals surface area contributed by atoms with Crippen molar-refractivity contribution < 1.29 is 0 Å². The highest BCUT2D eigenvalue weighted by molar-refractivity contribution is 6.30. The van der Waals surface area contributed by atoms with Crippen LogP contribution in [0.3, 0.4) is 0 Å². The molecule has 0 unspecified atom stereocenters. The first-order valence-electron chi connectivity index (χ1n) is 6.26. The van der Waals surface area contributed by atoms with Gasteiger partial charge in [0, 0.05) is 18.3 Å². The van der Waals surface area contributed by atoms with E-state index in [1.54, 1.807) is 17.1 Å². The maximum atomic E-state index is 5.87. The molecule has 0 aliphatic carbocycles. The van der Waals surface area contributed by atoms with Crippen LogP contribution in [-0.4, -0.2) is 20.3 Å². The van der Waals surface area contributed by atoms with E-state index in [4.69, 9.17) is 11.6 Å². The maximum absolute atomic E-state index is 5.87. The van der Waals surface area contributed by atoms with Crippen molar-refractivity contribution in [2.45, 2.75) is 39.8 Å². The van der Waals surface area contributed by atoms with Gasteiger partial charge >= 0.3 is 0 Å². The minimum atomic E-state index is 0.0993. The largest absolute Gasteiger partial charge is 0.308 e. The maximum Gasteiger partial charge on any atom is 0.156 e. The van der Waals surface area contributed by atoms with Gasteiger partial charge in [0.1, 0.15) is 0 Å². The molecule has 4 nitrogen and oxygen atoms in total. The molecule has 2 aromatic heterocycles. The smallest absolute Gasteiger partial charge is 0.156 e. The van der Waals surface area contributed by atoms with E-state index in [9.17, 15) is 0 Å². The van der Waals surface area contributed by atoms with Crippen LogP contribution in [0.25, 0.3) is 5.82 Å². The van der Waals surface area contributed by atoms with Crippen LogP contribution in [0.15, 0.2) is 24.7 Å². The van der Waals surface area contributed by atoms with Crippen LogP contribution in [0.2, 0.25) is 5.02 Å². The second-order valence-corrected chi connectivity index (χ2v) is 6.13. The molecule has 0 atom stereocenters. The molecule has 2 heterocycles. The van der Waals surface area contributed by atoms with Crippen LogP contribution >= 0.6 is 11.6 Å². The summed E-state index contributed by atoms with van der Waals surface area (Å²) in [6.45, 7) is 9.27. The average molecular weight is 279 g/mol. The third kappa shape index (κ3) is 3.78. The number of aryl methyl sites for hydroxylation is 1. The molecule has 102 valence electrons. The molecule has 0 aromatic carbocycles. The monoisotopic (exact) mass is 278 g/mol. The van der Waals surface area contributed by atoms with E-state index < -0.39 is 0 Å². The Kier molecular flexibility index (Phi) is 3.92. The minimum Gasteiger partial charge on any atom is -0.308 e. The molecule has 0 aliphatic rings. The normalized spacial score (nSPS) is 11.8. The van der Waals surface area contributed by atoms with Crippen molar-refractivity contribution in [2.24, 2.45) is 0 Å². The highest BCUT2D eigenvalue weighted by Crippen LogP contribution is 2.15. The molecular weight excluding hydrogens is 260 g/mol. The standard InChI is InChI=1S/C14H19ClN4/c1-10-5-11(7-17-14(2,3)4)6-16-13(10)19-9-12(15)8-18-19/h5-6,8-9,17H,7H2,1-4H3. The van der Waals surface area contributed by atoms with Gasteiger partial charge in [0.25, 0.3) is 0 Å². The molecule has 0 aliphatic heterocycles. The number of hydrogen-bond acceptors (Lipinski definition) is 3. The first-order chi connectivity index (χ1) is 8.85. The second kappa shape index (κ2) is 5.31. The number of hydrogen-bond donors (Lipinski definition) is 1. The van der Waals surface area contributed by atoms with Crippen molar-refractivity contribution in [1.82, 2.24) is 20.1 Å². The number of nitrogens with one attached hydrogen (secondary N) is 1. The molecule has 0 spiro atoms. The van der Waals surface area contributed by atoms with E-state index in [-0.39, 0.29) is 5.54 Å². The Hall–Kier alpha value is -1.39. The van der Waals surface area contributed by atoms with Crippen LogP contribution in [0, 0.1) is 6.92 Å². The van der Waals surface area contributed by atoms with Crippen molar-refractivity contribution >= 4 is 11.6 Å². The highest BCUT2D eigenvalue weighted by atomic mass is 35.5. The molecule has 2 aromatic rings. The third-order valence-corrected chi connectivity index (χ3v) is 2.89. The fourth-order valence-electron chi connectivity index (χ4n) is 1.75. The average Bonchev–Trinajstić information content (AvgIpc) is 2.72. The van der Waals surface area contributed by atoms with E-state index in [0.717, 1.165) is 23.5 Å². The van der Waals surface area contributed by atoms with Gasteiger partial charge < -0.3 is 5.32 Å². The van der Waals surface area contributed by atoms with E-state index >= 15 is 0 Å². The Balaban J connectivity index is 2.18. The van der Waals surface area contributed by atoms with Gasteiger partial charge in [-0.1, -0.05) is 11.6 Å². The molecular formula is C14H19ClN4. The van der Waals surface area contributed by atoms with E-state index in [0.29, 0.717) is 5.02 Å². The summed E-state index contributed by atoms with van der Waals surface area (Å²) in [6.07, 6.45) is 5.23. The molecule has 0 saturated carbocycles. The summed E-state index contributed by atoms with van der Waals surface area (Å²) in [6, 6.07) is 2.12. The Labute approximate surface area is 118 Å². The fraction of sp³-hybridized carbons (Fsp3) is 0.429. The van der Waals surface area contributed by atoms with Gasteiger partial charge in [-0.05, 0) is 44.9 Å². The summed E-state index contributed by atoms with van der Waals surface area (Å²) in [5, 5.41) is 8.22. The lowest BCUT2D eigenvalue weighted by Crippen LogP contribution is -2.35. The SMILES string of the molecule is Cc1cc(CNC(C)(C)C)cnc1-n1cc(Cl)cn1. The predicted octanol–water partition coefficient (Wildman–Crippen LogP) is 3.12. The molecule has 19 heavy (non-hydrogen) atoms. The summed E-state index contributed by atoms with van der Waals surface area (Å²) in [7, 11) is 0. The topological polar surface area (TPSA) is 42.7 Å². The number of nitrogens with zero attached hydrogens (tertiary/aromatic N) is 3. The lowest BCUT2D eigenvalue weighted by Gasteiger charge is -2.20. The first-order valence-corrected chi connectivity index (χ1v) is 6.64. The number of aromatic nitrogens is 3. The molecule has 0 fully saturated rings. The number of pyridine rings is 1. The van der Waals surface area contributed by atoms with Crippen LogP contribution in [0.4, 0.5) is 0 Å². The van der Waals surface area contributed by atoms with E-state index in [1.165, 1.54) is 0 Å². The van der Waals surface area contributed by atoms with Gasteiger partial charge in [0.2, 0.25) is 0 Å². The van der Waals surface area contributed by atoms with Crippen molar-refractivity contribution in [3.05, 3.63) is 40.8 Å². The first kappa shape index (κ1) is 14.0. The lowest BCUT2D eigenvalue weighted by atomic mass is 10.1. The second-order valence-electron chi connectivity index (χ2n) is 5.69. The van der Waals surface area contributed by atoms with Crippen LogP contribution < -0.4 is 5.32 Å². The molecule has 5 heteroatoms. The number of halogens is 1. The lowest BCUT2D eigenvalue weighted by molar-refractivity contribution is 0.424. The zero-order valence-corrected chi connectivity index (χ0v) is 12.5. The molecule has 0 bridgehead atoms. The summed E-state index contributed by atoms with van der Waals surface area (Å²) >= 11 is 5.87. The van der Waals surface area contributed by atoms with Gasteiger partial charge in [0.15, 0.2) is 5.82 Å². The molecule has 1 N–H and O–H groups in total. The zero-order valence-electron chi connectivity index (χ0n) is 11.7. The Morgan fingerprint density at radius 2 is 2.05 bits per heavy atom. The van der Waals surface area contributed by atoms with E-state index in [2.05, 4.69) is 42.2 Å². The van der Waals surface area contributed by atoms with Gasteiger partial charge in [-0.25, -0.2) is 9.67 Å². The van der Waals surface area contributed by atoms with Gasteiger partial charge in [0.05, 0.1) is 17.4 Å². The summed E-state index contributed by atoms with van der Waals surface area (Å²) < 4.78 is 1.69. The summed E-state index contributed by atoms with van der Waals surface area (Å²) in [5.74, 6) is 0.811. The zero-order chi connectivity index (χ0) is 14.0. The van der Waals surface area contributed by atoms with Crippen LogP contribution in [-0.2, 0) is 6.54 Å². The number of rotatable bonds is 3. The van der Waals surface area contributed by atoms with Crippen molar-refractivity contribution in [3.63, 3.8) is 0 Å². The van der Waals surface area contributed by atoms with Crippen molar-refractivity contribution in [2.75, 3.05) is 0 Å². The molecule has 0 amide bonds. The third-order valence-electron chi connectivity index (χ3n) is 2.70. The minimum absolute atomic E-state index is 0.0993.